The molecule has 0 aliphatic carbocycles. The third kappa shape index (κ3) is 2.46. The molecular formula is C13H16N4O2. The fraction of sp³-hybridized carbons (Fsp3) is 0.385. The van der Waals surface area contributed by atoms with Gasteiger partial charge in [0.05, 0.1) is 0 Å². The second kappa shape index (κ2) is 4.44. The fourth-order valence-electron chi connectivity index (χ4n) is 1.58. The number of terminal acetylenes is 1. The largest absolute Gasteiger partial charge is 0.368 e. The van der Waals surface area contributed by atoms with Crippen LogP contribution in [0.3, 0.4) is 0 Å². The molecule has 3 N–H and O–H groups in total. The number of anilines is 1. The molecule has 19 heavy (non-hydrogen) atoms. The number of aliphatic hydroxyl groups is 1. The minimum atomic E-state index is -0.964. The Morgan fingerprint density at radius 2 is 2.32 bits per heavy atom. The normalized spacial score (nSPS) is 17.8. The molecule has 1 aliphatic heterocycles. The maximum atomic E-state index is 11.9. The van der Waals surface area contributed by atoms with E-state index in [4.69, 9.17) is 6.42 Å². The molecule has 0 saturated carbocycles. The van der Waals surface area contributed by atoms with E-state index in [1.54, 1.807) is 6.07 Å². The van der Waals surface area contributed by atoms with Crippen LogP contribution in [-0.2, 0) is 4.79 Å². The van der Waals surface area contributed by atoms with Crippen LogP contribution in [0.1, 0.15) is 32.6 Å². The van der Waals surface area contributed by atoms with E-state index in [0.29, 0.717) is 17.2 Å². The Balaban J connectivity index is 2.24. The Kier molecular flexibility index (Phi) is 3.08. The molecule has 2 rings (SSSR count). The van der Waals surface area contributed by atoms with Crippen molar-refractivity contribution in [2.24, 2.45) is 10.4 Å². The predicted octanol–water partition coefficient (Wildman–Crippen LogP) is 1.56. The number of amides is 1. The molecule has 0 saturated heterocycles. The Morgan fingerprint density at radius 1 is 1.63 bits per heavy atom. The lowest BCUT2D eigenvalue weighted by molar-refractivity contribution is -0.123. The predicted molar refractivity (Wildman–Crippen MR) is 72.7 cm³/mol. The van der Waals surface area contributed by atoms with E-state index in [1.807, 2.05) is 20.8 Å². The maximum Gasteiger partial charge on any atom is 0.230 e. The first-order valence-electron chi connectivity index (χ1n) is 5.84. The lowest BCUT2D eigenvalue weighted by atomic mass is 9.96. The molecule has 0 fully saturated rings. The van der Waals surface area contributed by atoms with Crippen molar-refractivity contribution in [1.82, 2.24) is 9.88 Å². The monoisotopic (exact) mass is 260 g/mol. The average molecular weight is 260 g/mol. The third-order valence-electron chi connectivity index (χ3n) is 2.76. The number of aliphatic hydroxyl groups excluding tert-OH is 1. The van der Waals surface area contributed by atoms with Gasteiger partial charge in [0.1, 0.15) is 18.0 Å². The van der Waals surface area contributed by atoms with E-state index in [-0.39, 0.29) is 5.91 Å². The van der Waals surface area contributed by atoms with E-state index >= 15 is 0 Å². The fourth-order valence-corrected chi connectivity index (χ4v) is 1.58. The van der Waals surface area contributed by atoms with E-state index in [1.165, 1.54) is 11.2 Å². The van der Waals surface area contributed by atoms with Crippen LogP contribution >= 0.6 is 0 Å². The van der Waals surface area contributed by atoms with Crippen LogP contribution in [0.4, 0.5) is 11.6 Å². The van der Waals surface area contributed by atoms with E-state index < -0.39 is 11.6 Å². The van der Waals surface area contributed by atoms with Crippen molar-refractivity contribution in [3.63, 3.8) is 0 Å². The molecule has 6 nitrogen and oxygen atoms in total. The van der Waals surface area contributed by atoms with Crippen molar-refractivity contribution in [2.45, 2.75) is 27.0 Å². The smallest absolute Gasteiger partial charge is 0.230 e. The highest BCUT2D eigenvalue weighted by molar-refractivity contribution is 5.94. The standard InChI is InChI=1S/C13H16N4O2/c1-5-17-7-14-10-8(11(17)18)6-9(15-10)16-12(19)13(2,3)4/h1,6-7,11,15,18H,2-4H3,(H,16,19). The number of rotatable bonds is 1. The van der Waals surface area contributed by atoms with Gasteiger partial charge in [0, 0.05) is 17.0 Å². The van der Waals surface area contributed by atoms with Gasteiger partial charge >= 0.3 is 0 Å². The van der Waals surface area contributed by atoms with Gasteiger partial charge in [0.25, 0.3) is 0 Å². The Bertz CT molecular complexity index is 574. The number of aromatic amines is 1. The summed E-state index contributed by atoms with van der Waals surface area (Å²) in [5, 5.41) is 12.7. The first-order chi connectivity index (χ1) is 8.82. The Labute approximate surface area is 111 Å². The lowest BCUT2D eigenvalue weighted by Gasteiger charge is -2.21. The Hall–Kier alpha value is -2.26. The van der Waals surface area contributed by atoms with Gasteiger partial charge in [-0.15, -0.1) is 0 Å². The zero-order valence-electron chi connectivity index (χ0n) is 11.1. The van der Waals surface area contributed by atoms with Crippen LogP contribution in [0.5, 0.6) is 0 Å². The zero-order chi connectivity index (χ0) is 14.2. The van der Waals surface area contributed by atoms with Crippen LogP contribution in [0.25, 0.3) is 0 Å². The van der Waals surface area contributed by atoms with Gasteiger partial charge in [-0.2, -0.15) is 0 Å². The summed E-state index contributed by atoms with van der Waals surface area (Å²) < 4.78 is 0. The molecule has 0 aromatic carbocycles. The highest BCUT2D eigenvalue weighted by atomic mass is 16.3. The number of fused-ring (bicyclic) bond motifs is 1. The number of nitrogens with zero attached hydrogens (tertiary/aromatic N) is 2. The second-order valence-electron chi connectivity index (χ2n) is 5.35. The number of aliphatic imine (C=N–C) groups is 1. The van der Waals surface area contributed by atoms with Crippen LogP contribution in [0, 0.1) is 17.9 Å². The number of carbonyl (C=O) groups excluding carboxylic acids is 1. The molecule has 1 amide bonds. The highest BCUT2D eigenvalue weighted by Gasteiger charge is 2.26. The van der Waals surface area contributed by atoms with Gasteiger partial charge in [-0.05, 0) is 6.07 Å². The summed E-state index contributed by atoms with van der Waals surface area (Å²) in [6.07, 6.45) is 5.64. The summed E-state index contributed by atoms with van der Waals surface area (Å²) in [7, 11) is 0. The molecular weight excluding hydrogens is 244 g/mol. The molecule has 6 heteroatoms. The Morgan fingerprint density at radius 3 is 2.89 bits per heavy atom. The van der Waals surface area contributed by atoms with Crippen molar-refractivity contribution in [3.8, 4) is 12.5 Å². The highest BCUT2D eigenvalue weighted by Crippen LogP contribution is 2.33. The SMILES string of the molecule is C#CN1C=Nc2[nH]c(NC(=O)C(C)(C)C)cc2C1O. The minimum Gasteiger partial charge on any atom is -0.368 e. The molecule has 0 bridgehead atoms. The lowest BCUT2D eigenvalue weighted by Crippen LogP contribution is -2.27. The first-order valence-corrected chi connectivity index (χ1v) is 5.84. The average Bonchev–Trinajstić information content (AvgIpc) is 2.72. The molecule has 100 valence electrons. The van der Waals surface area contributed by atoms with Crippen molar-refractivity contribution < 1.29 is 9.90 Å². The summed E-state index contributed by atoms with van der Waals surface area (Å²) in [5.74, 6) is 0.849. The molecule has 2 heterocycles. The van der Waals surface area contributed by atoms with Crippen molar-refractivity contribution >= 4 is 23.9 Å². The first kappa shape index (κ1) is 13.2. The van der Waals surface area contributed by atoms with Gasteiger partial charge in [0.15, 0.2) is 6.23 Å². The summed E-state index contributed by atoms with van der Waals surface area (Å²) in [6.45, 7) is 5.45. The summed E-state index contributed by atoms with van der Waals surface area (Å²) >= 11 is 0. The zero-order valence-corrected chi connectivity index (χ0v) is 11.1. The summed E-state index contributed by atoms with van der Waals surface area (Å²) in [4.78, 5) is 20.1. The number of hydrogen-bond acceptors (Lipinski definition) is 4. The minimum absolute atomic E-state index is 0.127. The molecule has 1 aromatic rings. The van der Waals surface area contributed by atoms with Crippen LogP contribution in [-0.4, -0.2) is 27.2 Å². The topological polar surface area (TPSA) is 80.7 Å². The molecule has 0 radical (unpaired) electrons. The summed E-state index contributed by atoms with van der Waals surface area (Å²) in [5.41, 5.74) is 0.0305. The number of hydrogen-bond donors (Lipinski definition) is 3. The number of aromatic nitrogens is 1. The number of H-pyrrole nitrogens is 1. The van der Waals surface area contributed by atoms with Crippen LogP contribution in [0.2, 0.25) is 0 Å². The molecule has 1 aliphatic rings. The molecule has 1 aromatic heterocycles. The molecule has 0 spiro atoms. The third-order valence-corrected chi connectivity index (χ3v) is 2.76. The van der Waals surface area contributed by atoms with E-state index in [2.05, 4.69) is 21.3 Å². The van der Waals surface area contributed by atoms with Crippen LogP contribution in [0.15, 0.2) is 11.1 Å². The second-order valence-corrected chi connectivity index (χ2v) is 5.35. The van der Waals surface area contributed by atoms with Crippen LogP contribution < -0.4 is 5.32 Å². The van der Waals surface area contributed by atoms with E-state index in [9.17, 15) is 9.90 Å². The van der Waals surface area contributed by atoms with Gasteiger partial charge in [-0.1, -0.05) is 27.2 Å². The van der Waals surface area contributed by atoms with Crippen molar-refractivity contribution in [2.75, 3.05) is 5.32 Å². The van der Waals surface area contributed by atoms with E-state index in [0.717, 1.165) is 0 Å². The molecule has 1 unspecified atom stereocenters. The molecule has 1 atom stereocenters. The van der Waals surface area contributed by atoms with Gasteiger partial charge in [0.2, 0.25) is 5.91 Å². The quantitative estimate of drug-likeness (QED) is 0.670. The van der Waals surface area contributed by atoms with Crippen molar-refractivity contribution in [3.05, 3.63) is 11.6 Å². The summed E-state index contributed by atoms with van der Waals surface area (Å²) in [6, 6.07) is 3.93. The number of carbonyl (C=O) groups is 1. The number of nitrogens with one attached hydrogen (secondary N) is 2. The van der Waals surface area contributed by atoms with Gasteiger partial charge < -0.3 is 15.4 Å². The van der Waals surface area contributed by atoms with Crippen molar-refractivity contribution in [1.29, 1.82) is 0 Å². The maximum absolute atomic E-state index is 11.9. The van der Waals surface area contributed by atoms with Gasteiger partial charge in [-0.3, -0.25) is 9.69 Å². The van der Waals surface area contributed by atoms with Gasteiger partial charge in [-0.25, -0.2) is 4.99 Å².